The van der Waals surface area contributed by atoms with Gasteiger partial charge in [0.05, 0.1) is 28.2 Å². The molecule has 1 fully saturated rings. The van der Waals surface area contributed by atoms with Crippen molar-refractivity contribution in [2.24, 2.45) is 16.1 Å². The van der Waals surface area contributed by atoms with Gasteiger partial charge in [-0.3, -0.25) is 9.59 Å². The van der Waals surface area contributed by atoms with Crippen molar-refractivity contribution >= 4 is 35.1 Å². The molecule has 4 rings (SSSR count). The summed E-state index contributed by atoms with van der Waals surface area (Å²) in [7, 11) is 0. The summed E-state index contributed by atoms with van der Waals surface area (Å²) in [6, 6.07) is 6.92. The van der Waals surface area contributed by atoms with E-state index in [1.165, 1.54) is 4.90 Å². The van der Waals surface area contributed by atoms with E-state index in [2.05, 4.69) is 10.3 Å². The lowest BCUT2D eigenvalue weighted by molar-refractivity contribution is -0.146. The molecule has 0 aliphatic carbocycles. The molecule has 36 heavy (non-hydrogen) atoms. The Labute approximate surface area is 213 Å². The molecule has 4 N–H and O–H groups in total. The van der Waals surface area contributed by atoms with Gasteiger partial charge in [-0.1, -0.05) is 45.0 Å². The Kier molecular flexibility index (Phi) is 6.65. The number of nitrogens with one attached hydrogen (secondary N) is 1. The number of aryl methyl sites for hydroxylation is 1. The minimum absolute atomic E-state index is 0.0205. The fourth-order valence-electron chi connectivity index (χ4n) is 4.62. The number of likely N-dealkylation sites (tertiary alicyclic amines) is 1. The van der Waals surface area contributed by atoms with E-state index in [-0.39, 0.29) is 18.9 Å². The van der Waals surface area contributed by atoms with Crippen molar-refractivity contribution in [3.8, 4) is 10.4 Å². The number of ether oxygens (including phenoxy) is 1. The zero-order chi connectivity index (χ0) is 26.4. The van der Waals surface area contributed by atoms with Crippen LogP contribution in [-0.2, 0) is 19.9 Å². The number of primary amides is 1. The maximum atomic E-state index is 13.4. The second-order valence-corrected chi connectivity index (χ2v) is 11.3. The molecule has 0 spiro atoms. The highest BCUT2D eigenvalue weighted by Gasteiger charge is 2.49. The van der Waals surface area contributed by atoms with Gasteiger partial charge >= 0.3 is 6.09 Å². The SMILES string of the molecule is Cc1ncsc1-c1ccc(C2(C)N=C(C3C[C@@H](O)CN3C(=O)[C@@H](OC(N)=O)C(C)(C)C)NC2=O)cc1. The molecule has 11 heteroatoms. The van der Waals surface area contributed by atoms with Gasteiger partial charge < -0.3 is 25.8 Å². The number of carbonyl (C=O) groups excluding carboxylic acids is 3. The maximum Gasteiger partial charge on any atom is 0.405 e. The van der Waals surface area contributed by atoms with Crippen LogP contribution in [0.3, 0.4) is 0 Å². The highest BCUT2D eigenvalue weighted by molar-refractivity contribution is 7.13. The van der Waals surface area contributed by atoms with Crippen LogP contribution in [0.5, 0.6) is 0 Å². The average molecular weight is 514 g/mol. The van der Waals surface area contributed by atoms with Crippen molar-refractivity contribution in [1.29, 1.82) is 0 Å². The van der Waals surface area contributed by atoms with Gasteiger partial charge in [0, 0.05) is 18.4 Å². The van der Waals surface area contributed by atoms with Gasteiger partial charge in [-0.2, -0.15) is 0 Å². The number of aliphatic hydroxyl groups is 1. The number of benzene rings is 1. The van der Waals surface area contributed by atoms with Gasteiger partial charge in [-0.05, 0) is 25.0 Å². The number of nitrogens with two attached hydrogens (primary N) is 1. The molecule has 2 unspecified atom stereocenters. The van der Waals surface area contributed by atoms with Gasteiger partial charge in [0.15, 0.2) is 11.6 Å². The lowest BCUT2D eigenvalue weighted by Gasteiger charge is -2.34. The lowest BCUT2D eigenvalue weighted by atomic mass is 9.88. The molecule has 0 saturated carbocycles. The summed E-state index contributed by atoms with van der Waals surface area (Å²) in [5.74, 6) is -0.534. The summed E-state index contributed by atoms with van der Waals surface area (Å²) in [4.78, 5) is 49.5. The van der Waals surface area contributed by atoms with E-state index < -0.39 is 41.2 Å². The van der Waals surface area contributed by atoms with Crippen LogP contribution in [0.25, 0.3) is 10.4 Å². The van der Waals surface area contributed by atoms with E-state index in [4.69, 9.17) is 15.5 Å². The van der Waals surface area contributed by atoms with Gasteiger partial charge in [0.1, 0.15) is 5.84 Å². The molecular weight excluding hydrogens is 482 g/mol. The van der Waals surface area contributed by atoms with Crippen molar-refractivity contribution in [2.75, 3.05) is 6.54 Å². The number of rotatable bonds is 5. The van der Waals surface area contributed by atoms with E-state index in [1.807, 2.05) is 31.2 Å². The van der Waals surface area contributed by atoms with E-state index >= 15 is 0 Å². The van der Waals surface area contributed by atoms with E-state index in [0.29, 0.717) is 11.4 Å². The van der Waals surface area contributed by atoms with Gasteiger partial charge in [0.25, 0.3) is 11.8 Å². The summed E-state index contributed by atoms with van der Waals surface area (Å²) < 4.78 is 5.15. The predicted octanol–water partition coefficient (Wildman–Crippen LogP) is 2.33. The fourth-order valence-corrected chi connectivity index (χ4v) is 5.43. The highest BCUT2D eigenvalue weighted by Crippen LogP contribution is 2.35. The van der Waals surface area contributed by atoms with Crippen LogP contribution in [0.2, 0.25) is 0 Å². The molecule has 1 aromatic carbocycles. The normalized spacial score (nSPS) is 24.9. The molecule has 10 nitrogen and oxygen atoms in total. The number of hydrogen-bond acceptors (Lipinski definition) is 8. The molecule has 2 aliphatic rings. The van der Waals surface area contributed by atoms with E-state index in [1.54, 1.807) is 44.5 Å². The van der Waals surface area contributed by atoms with E-state index in [0.717, 1.165) is 16.1 Å². The quantitative estimate of drug-likeness (QED) is 0.559. The van der Waals surface area contributed by atoms with Crippen LogP contribution in [0.15, 0.2) is 34.8 Å². The van der Waals surface area contributed by atoms with Crippen molar-refractivity contribution in [2.45, 2.75) is 64.8 Å². The first-order valence-corrected chi connectivity index (χ1v) is 12.6. The number of hydrogen-bond donors (Lipinski definition) is 3. The summed E-state index contributed by atoms with van der Waals surface area (Å²) in [6.07, 6.45) is -2.84. The lowest BCUT2D eigenvalue weighted by Crippen LogP contribution is -2.53. The molecule has 1 saturated heterocycles. The summed E-state index contributed by atoms with van der Waals surface area (Å²) >= 11 is 1.55. The van der Waals surface area contributed by atoms with Gasteiger partial charge in [0.2, 0.25) is 0 Å². The molecule has 192 valence electrons. The number of aliphatic imine (C=N–C) groups is 1. The van der Waals surface area contributed by atoms with Crippen molar-refractivity contribution in [1.82, 2.24) is 15.2 Å². The number of amidine groups is 1. The number of amides is 3. The molecule has 4 atom stereocenters. The van der Waals surface area contributed by atoms with Crippen molar-refractivity contribution in [3.05, 3.63) is 41.0 Å². The Morgan fingerprint density at radius 1 is 1.31 bits per heavy atom. The maximum absolute atomic E-state index is 13.4. The molecule has 3 amide bonds. The minimum atomic E-state index is -1.20. The Bertz CT molecular complexity index is 1220. The van der Waals surface area contributed by atoms with Crippen LogP contribution in [-0.4, -0.2) is 63.5 Å². The fraction of sp³-hybridized carbons (Fsp3) is 0.480. The number of aromatic nitrogens is 1. The van der Waals surface area contributed by atoms with Crippen molar-refractivity contribution in [3.63, 3.8) is 0 Å². The molecule has 2 aliphatic heterocycles. The van der Waals surface area contributed by atoms with Crippen LogP contribution in [0.4, 0.5) is 4.79 Å². The monoisotopic (exact) mass is 513 g/mol. The molecule has 1 aromatic heterocycles. The summed E-state index contributed by atoms with van der Waals surface area (Å²) in [6.45, 7) is 8.94. The number of β-amino-alcohol motifs (C(OH)–C–C–N with tert-alkyl or cyclic N) is 1. The van der Waals surface area contributed by atoms with Crippen LogP contribution < -0.4 is 11.1 Å². The highest BCUT2D eigenvalue weighted by atomic mass is 32.1. The number of carbonyl (C=O) groups is 3. The first-order valence-electron chi connectivity index (χ1n) is 11.7. The summed E-state index contributed by atoms with van der Waals surface area (Å²) in [5.41, 5.74) is 7.71. The van der Waals surface area contributed by atoms with Crippen LogP contribution in [0, 0.1) is 12.3 Å². The molecule has 2 aromatic rings. The number of aliphatic hydroxyl groups excluding tert-OH is 1. The number of nitrogens with zero attached hydrogens (tertiary/aromatic N) is 3. The minimum Gasteiger partial charge on any atom is -0.436 e. The summed E-state index contributed by atoms with van der Waals surface area (Å²) in [5, 5.41) is 13.2. The Morgan fingerprint density at radius 2 is 1.97 bits per heavy atom. The Balaban J connectivity index is 1.63. The molecule has 0 bridgehead atoms. The standard InChI is InChI=1S/C25H31N5O5S/c1-13-18(36-12-27-13)14-6-8-15(9-7-14)25(5)22(33)28-20(29-25)17-10-16(31)11-30(17)21(32)19(24(2,3)4)35-23(26)34/h6-9,12,16-17,19,31H,10-11H2,1-5H3,(H2,26,34)(H,28,29,33)/t16-,17?,19-,25?/m1/s1. The average Bonchev–Trinajstić information content (AvgIpc) is 3.48. The second-order valence-electron chi connectivity index (χ2n) is 10.4. The topological polar surface area (TPSA) is 147 Å². The third kappa shape index (κ3) is 4.72. The molecule has 3 heterocycles. The van der Waals surface area contributed by atoms with Gasteiger partial charge in [-0.25, -0.2) is 14.8 Å². The first-order chi connectivity index (χ1) is 16.8. The van der Waals surface area contributed by atoms with Crippen LogP contribution in [0.1, 0.15) is 45.4 Å². The smallest absolute Gasteiger partial charge is 0.405 e. The molecule has 0 radical (unpaired) electrons. The zero-order valence-corrected chi connectivity index (χ0v) is 21.8. The Morgan fingerprint density at radius 3 is 2.53 bits per heavy atom. The largest absolute Gasteiger partial charge is 0.436 e. The predicted molar refractivity (Wildman–Crippen MR) is 135 cm³/mol. The Hall–Kier alpha value is -3.31. The van der Waals surface area contributed by atoms with Crippen molar-refractivity contribution < 1.29 is 24.2 Å². The third-order valence-electron chi connectivity index (χ3n) is 6.61. The van der Waals surface area contributed by atoms with Gasteiger partial charge in [-0.15, -0.1) is 11.3 Å². The van der Waals surface area contributed by atoms with E-state index in [9.17, 15) is 19.5 Å². The number of thiazole rings is 1. The third-order valence-corrected chi connectivity index (χ3v) is 7.58. The zero-order valence-electron chi connectivity index (χ0n) is 20.9. The van der Waals surface area contributed by atoms with Crippen LogP contribution >= 0.6 is 11.3 Å². The second kappa shape index (κ2) is 9.29. The first kappa shape index (κ1) is 25.8. The molecular formula is C25H31N5O5S.